The van der Waals surface area contributed by atoms with E-state index >= 15 is 0 Å². The molecule has 7 heteroatoms. The highest BCUT2D eigenvalue weighted by atomic mass is 19.4. The Kier molecular flexibility index (Phi) is 3.18. The molecule has 3 nitrogen and oxygen atoms in total. The van der Waals surface area contributed by atoms with Gasteiger partial charge in [-0.2, -0.15) is 13.2 Å². The van der Waals surface area contributed by atoms with Gasteiger partial charge in [-0.05, 0) is 11.6 Å². The maximum atomic E-state index is 13.0. The van der Waals surface area contributed by atoms with Gasteiger partial charge in [-0.25, -0.2) is 9.18 Å². The van der Waals surface area contributed by atoms with Gasteiger partial charge in [-0.15, -0.1) is 0 Å². The molecule has 1 rings (SSSR count). The minimum atomic E-state index is -4.82. The number of rotatable bonds is 2. The summed E-state index contributed by atoms with van der Waals surface area (Å²) in [5.74, 6) is -3.03. The zero-order valence-electron chi connectivity index (χ0n) is 7.75. The Hall–Kier alpha value is -1.63. The van der Waals surface area contributed by atoms with Crippen molar-refractivity contribution in [1.82, 2.24) is 0 Å². The first-order valence-corrected chi connectivity index (χ1v) is 4.09. The minimum absolute atomic E-state index is 0.760. The van der Waals surface area contributed by atoms with Crippen molar-refractivity contribution in [2.75, 3.05) is 0 Å². The third kappa shape index (κ3) is 2.30. The largest absolute Gasteiger partial charge is 0.478 e. The Morgan fingerprint density at radius 1 is 1.38 bits per heavy atom. The second kappa shape index (κ2) is 4.09. The molecule has 0 saturated heterocycles. The number of hydrogen-bond acceptors (Lipinski definition) is 2. The van der Waals surface area contributed by atoms with Crippen LogP contribution in [0.5, 0.6) is 0 Å². The highest BCUT2D eigenvalue weighted by molar-refractivity contribution is 5.90. The summed E-state index contributed by atoms with van der Waals surface area (Å²) in [7, 11) is 0. The summed E-state index contributed by atoms with van der Waals surface area (Å²) in [4.78, 5) is 10.6. The van der Waals surface area contributed by atoms with Gasteiger partial charge >= 0.3 is 12.1 Å². The van der Waals surface area contributed by atoms with Gasteiger partial charge in [0.15, 0.2) is 0 Å². The predicted octanol–water partition coefficient (Wildman–Crippen LogP) is 2.09. The maximum absolute atomic E-state index is 13.0. The summed E-state index contributed by atoms with van der Waals surface area (Å²) in [5.41, 5.74) is 2.98. The van der Waals surface area contributed by atoms with Gasteiger partial charge in [0, 0.05) is 0 Å². The van der Waals surface area contributed by atoms with Crippen molar-refractivity contribution < 1.29 is 27.5 Å². The Morgan fingerprint density at radius 3 is 2.38 bits per heavy atom. The van der Waals surface area contributed by atoms with Crippen molar-refractivity contribution in [3.8, 4) is 0 Å². The molecule has 3 N–H and O–H groups in total. The predicted molar refractivity (Wildman–Crippen MR) is 46.3 cm³/mol. The molecule has 16 heavy (non-hydrogen) atoms. The second-order valence-electron chi connectivity index (χ2n) is 3.03. The second-order valence-corrected chi connectivity index (χ2v) is 3.03. The van der Waals surface area contributed by atoms with E-state index in [1.165, 1.54) is 0 Å². The lowest BCUT2D eigenvalue weighted by molar-refractivity contribution is -0.149. The molecule has 1 aromatic rings. The summed E-state index contributed by atoms with van der Waals surface area (Å²) in [6, 6.07) is 0.0537. The molecule has 0 saturated carbocycles. The average molecular weight is 237 g/mol. The lowest BCUT2D eigenvalue weighted by Gasteiger charge is -2.17. The third-order valence-electron chi connectivity index (χ3n) is 1.95. The first-order chi connectivity index (χ1) is 7.25. The van der Waals surface area contributed by atoms with Crippen LogP contribution in [0.2, 0.25) is 0 Å². The minimum Gasteiger partial charge on any atom is -0.478 e. The smallest absolute Gasteiger partial charge is 0.407 e. The molecule has 0 aliphatic rings. The molecule has 88 valence electrons. The summed E-state index contributed by atoms with van der Waals surface area (Å²) in [5, 5.41) is 8.60. The van der Waals surface area contributed by atoms with E-state index < -0.39 is 35.1 Å². The lowest BCUT2D eigenvalue weighted by Crippen LogP contribution is -2.30. The lowest BCUT2D eigenvalue weighted by atomic mass is 10.00. The molecule has 0 aliphatic carbocycles. The molecule has 0 aliphatic heterocycles. The molecule has 1 aromatic carbocycles. The molecule has 0 spiro atoms. The Bertz CT molecular complexity index is 416. The van der Waals surface area contributed by atoms with Crippen LogP contribution in [0.15, 0.2) is 18.2 Å². The average Bonchev–Trinajstić information content (AvgIpc) is 2.14. The summed E-state index contributed by atoms with van der Waals surface area (Å²) < 4.78 is 49.9. The number of carbonyl (C=O) groups is 1. The molecule has 0 bridgehead atoms. The summed E-state index contributed by atoms with van der Waals surface area (Å²) >= 11 is 0. The third-order valence-corrected chi connectivity index (χ3v) is 1.95. The zero-order valence-corrected chi connectivity index (χ0v) is 7.75. The number of nitrogens with two attached hydrogens (primary N) is 1. The quantitative estimate of drug-likeness (QED) is 0.774. The van der Waals surface area contributed by atoms with Gasteiger partial charge in [0.25, 0.3) is 0 Å². The molecular weight excluding hydrogens is 230 g/mol. The van der Waals surface area contributed by atoms with Gasteiger partial charge in [-0.3, -0.25) is 0 Å². The Morgan fingerprint density at radius 2 is 1.94 bits per heavy atom. The molecule has 0 radical (unpaired) electrons. The fourth-order valence-corrected chi connectivity index (χ4v) is 1.20. The number of carboxylic acid groups (broad SMARTS) is 1. The number of hydrogen-bond donors (Lipinski definition) is 2. The van der Waals surface area contributed by atoms with E-state index in [2.05, 4.69) is 0 Å². The Balaban J connectivity index is 3.34. The van der Waals surface area contributed by atoms with Crippen LogP contribution in [0, 0.1) is 5.82 Å². The van der Waals surface area contributed by atoms with E-state index in [0.717, 1.165) is 18.2 Å². The van der Waals surface area contributed by atoms with E-state index in [9.17, 15) is 22.4 Å². The number of halogens is 4. The van der Waals surface area contributed by atoms with Crippen molar-refractivity contribution >= 4 is 5.97 Å². The standard InChI is InChI=1S/C9H7F4NO2/c10-5-3-1-2-4(6(5)8(15)16)7(14)9(11,12)13/h1-3,7H,14H2,(H,15,16)/t7-/m1/s1. The van der Waals surface area contributed by atoms with Crippen molar-refractivity contribution in [2.24, 2.45) is 5.73 Å². The zero-order chi connectivity index (χ0) is 12.5. The Labute approximate surface area is 87.5 Å². The van der Waals surface area contributed by atoms with Crippen molar-refractivity contribution in [3.63, 3.8) is 0 Å². The number of benzene rings is 1. The van der Waals surface area contributed by atoms with Crippen LogP contribution in [-0.4, -0.2) is 17.3 Å². The van der Waals surface area contributed by atoms with Crippen LogP contribution in [0.4, 0.5) is 17.6 Å². The fourth-order valence-electron chi connectivity index (χ4n) is 1.20. The van der Waals surface area contributed by atoms with Gasteiger partial charge in [0.05, 0.1) is 0 Å². The SMILES string of the molecule is N[C@H](c1cccc(F)c1C(=O)O)C(F)(F)F. The highest BCUT2D eigenvalue weighted by Crippen LogP contribution is 2.32. The molecule has 0 heterocycles. The van der Waals surface area contributed by atoms with Crippen LogP contribution in [0.3, 0.4) is 0 Å². The molecule has 0 fully saturated rings. The topological polar surface area (TPSA) is 63.3 Å². The first kappa shape index (κ1) is 12.4. The first-order valence-electron chi connectivity index (χ1n) is 4.09. The van der Waals surface area contributed by atoms with E-state index in [4.69, 9.17) is 10.8 Å². The molecular formula is C9H7F4NO2. The van der Waals surface area contributed by atoms with E-state index in [0.29, 0.717) is 0 Å². The van der Waals surface area contributed by atoms with Gasteiger partial charge in [0.2, 0.25) is 0 Å². The van der Waals surface area contributed by atoms with Crippen LogP contribution in [0.25, 0.3) is 0 Å². The molecule has 0 unspecified atom stereocenters. The summed E-state index contributed by atoms with van der Waals surface area (Å²) in [6.45, 7) is 0. The molecule has 0 amide bonds. The van der Waals surface area contributed by atoms with Gasteiger partial charge < -0.3 is 10.8 Å². The number of alkyl halides is 3. The van der Waals surface area contributed by atoms with Crippen LogP contribution in [0.1, 0.15) is 22.0 Å². The fraction of sp³-hybridized carbons (Fsp3) is 0.222. The van der Waals surface area contributed by atoms with Crippen molar-refractivity contribution in [3.05, 3.63) is 35.1 Å². The normalized spacial score (nSPS) is 13.6. The van der Waals surface area contributed by atoms with Gasteiger partial charge in [-0.1, -0.05) is 12.1 Å². The van der Waals surface area contributed by atoms with Crippen molar-refractivity contribution in [1.29, 1.82) is 0 Å². The molecule has 1 atom stereocenters. The number of aromatic carboxylic acids is 1. The van der Waals surface area contributed by atoms with Crippen LogP contribution < -0.4 is 5.73 Å². The summed E-state index contributed by atoms with van der Waals surface area (Å²) in [6.07, 6.45) is -4.82. The van der Waals surface area contributed by atoms with Crippen molar-refractivity contribution in [2.45, 2.75) is 12.2 Å². The van der Waals surface area contributed by atoms with E-state index in [1.807, 2.05) is 0 Å². The van der Waals surface area contributed by atoms with Crippen LogP contribution in [-0.2, 0) is 0 Å². The van der Waals surface area contributed by atoms with E-state index in [1.54, 1.807) is 0 Å². The van der Waals surface area contributed by atoms with E-state index in [-0.39, 0.29) is 0 Å². The highest BCUT2D eigenvalue weighted by Gasteiger charge is 2.40. The van der Waals surface area contributed by atoms with Crippen LogP contribution >= 0.6 is 0 Å². The maximum Gasteiger partial charge on any atom is 0.407 e. The monoisotopic (exact) mass is 237 g/mol. The van der Waals surface area contributed by atoms with Gasteiger partial charge in [0.1, 0.15) is 17.4 Å². The molecule has 0 aromatic heterocycles. The number of carboxylic acids is 1.